The van der Waals surface area contributed by atoms with Crippen molar-refractivity contribution in [3.63, 3.8) is 0 Å². The van der Waals surface area contributed by atoms with E-state index < -0.39 is 53.4 Å². The number of carbonyl (C=O) groups excluding carboxylic acids is 2. The normalized spacial score (nSPS) is 30.8. The molecule has 2 saturated carbocycles. The molecular weight excluding hydrogens is 482 g/mol. The van der Waals surface area contributed by atoms with E-state index in [1.807, 2.05) is 13.0 Å². The van der Waals surface area contributed by atoms with Crippen molar-refractivity contribution in [1.29, 1.82) is 0 Å². The Hall–Kier alpha value is -2.91. The quantitative estimate of drug-likeness (QED) is 0.244. The fourth-order valence-corrected chi connectivity index (χ4v) is 5.86. The molecule has 2 aliphatic carbocycles. The number of hydrogen-bond acceptors (Lipinski definition) is 6. The van der Waals surface area contributed by atoms with Gasteiger partial charge in [-0.05, 0) is 64.7 Å². The molecule has 9 heteroatoms. The summed E-state index contributed by atoms with van der Waals surface area (Å²) in [7, 11) is 0. The number of allylic oxidation sites excluding steroid dienone is 3. The van der Waals surface area contributed by atoms with Gasteiger partial charge in [0, 0.05) is 24.3 Å². The zero-order valence-corrected chi connectivity index (χ0v) is 21.4. The number of fused-ring (bicyclic) bond motifs is 3. The summed E-state index contributed by atoms with van der Waals surface area (Å²) in [6.07, 6.45) is 4.46. The molecule has 3 aliphatic rings. The Bertz CT molecular complexity index is 1140. The molecule has 0 bridgehead atoms. The van der Waals surface area contributed by atoms with Gasteiger partial charge in [-0.25, -0.2) is 13.7 Å². The highest BCUT2D eigenvalue weighted by molar-refractivity contribution is 6.22. The largest absolute Gasteiger partial charge is 0.392 e. The lowest BCUT2D eigenvalue weighted by molar-refractivity contribution is -0.132. The minimum atomic E-state index is -1.25. The Morgan fingerprint density at radius 2 is 1.84 bits per heavy atom. The number of hydrogen-bond donors (Lipinski definition) is 2. The van der Waals surface area contributed by atoms with Gasteiger partial charge < -0.3 is 15.1 Å². The Kier molecular flexibility index (Phi) is 8.23. The van der Waals surface area contributed by atoms with Gasteiger partial charge in [0.05, 0.1) is 35.4 Å². The lowest BCUT2D eigenvalue weighted by atomic mass is 9.60. The van der Waals surface area contributed by atoms with Gasteiger partial charge in [0.1, 0.15) is 18.2 Å². The number of rotatable bonds is 7. The van der Waals surface area contributed by atoms with Gasteiger partial charge in [-0.3, -0.25) is 9.59 Å². The van der Waals surface area contributed by atoms with Crippen LogP contribution in [0.5, 0.6) is 0 Å². The Morgan fingerprint density at radius 3 is 2.54 bits per heavy atom. The SMILES string of the molecule is CC(C)=CCCC(C)=CCON=C1C[C@@H](O)[C@@H](O)[C@@H]2[C@@H]3C(=O)N(c4ccc(F)cc4F)C(=O)[C@@H]3CC[C@H]12. The van der Waals surface area contributed by atoms with Gasteiger partial charge in [-0.1, -0.05) is 22.4 Å². The maximum atomic E-state index is 14.5. The van der Waals surface area contributed by atoms with Crippen LogP contribution in [0.3, 0.4) is 0 Å². The van der Waals surface area contributed by atoms with Gasteiger partial charge in [0.25, 0.3) is 0 Å². The van der Waals surface area contributed by atoms with E-state index >= 15 is 0 Å². The molecule has 6 atom stereocenters. The van der Waals surface area contributed by atoms with Crippen molar-refractivity contribution in [3.8, 4) is 0 Å². The fourth-order valence-electron chi connectivity index (χ4n) is 5.86. The van der Waals surface area contributed by atoms with E-state index in [-0.39, 0.29) is 24.6 Å². The third-order valence-electron chi connectivity index (χ3n) is 7.71. The third-order valence-corrected chi connectivity index (χ3v) is 7.71. The Morgan fingerprint density at radius 1 is 1.11 bits per heavy atom. The molecule has 1 saturated heterocycles. The molecule has 3 fully saturated rings. The molecule has 200 valence electrons. The van der Waals surface area contributed by atoms with Crippen LogP contribution < -0.4 is 4.90 Å². The number of oxime groups is 1. The number of anilines is 1. The molecule has 0 radical (unpaired) electrons. The molecule has 2 amide bonds. The van der Waals surface area contributed by atoms with Crippen molar-refractivity contribution < 1.29 is 33.4 Å². The number of carbonyl (C=O) groups is 2. The van der Waals surface area contributed by atoms with E-state index in [0.717, 1.165) is 29.9 Å². The maximum Gasteiger partial charge on any atom is 0.238 e. The first-order chi connectivity index (χ1) is 17.6. The molecule has 37 heavy (non-hydrogen) atoms. The van der Waals surface area contributed by atoms with Crippen LogP contribution in [0.25, 0.3) is 0 Å². The van der Waals surface area contributed by atoms with E-state index in [1.165, 1.54) is 11.1 Å². The highest BCUT2D eigenvalue weighted by Gasteiger charge is 2.60. The number of halogens is 2. The highest BCUT2D eigenvalue weighted by Crippen LogP contribution is 2.50. The van der Waals surface area contributed by atoms with Crippen LogP contribution in [0.15, 0.2) is 46.7 Å². The molecule has 1 aromatic carbocycles. The molecule has 1 aromatic rings. The van der Waals surface area contributed by atoms with Crippen LogP contribution in [0.2, 0.25) is 0 Å². The van der Waals surface area contributed by atoms with Crippen molar-refractivity contribution in [3.05, 3.63) is 53.1 Å². The second kappa shape index (κ2) is 11.2. The summed E-state index contributed by atoms with van der Waals surface area (Å²) in [4.78, 5) is 32.9. The minimum absolute atomic E-state index is 0.0986. The third kappa shape index (κ3) is 5.52. The average molecular weight is 517 g/mol. The summed E-state index contributed by atoms with van der Waals surface area (Å²) < 4.78 is 27.9. The monoisotopic (exact) mass is 516 g/mol. The van der Waals surface area contributed by atoms with Crippen LogP contribution in [0.1, 0.15) is 52.9 Å². The number of amides is 2. The van der Waals surface area contributed by atoms with E-state index in [2.05, 4.69) is 25.1 Å². The number of benzene rings is 1. The zero-order chi connectivity index (χ0) is 26.9. The van der Waals surface area contributed by atoms with Crippen LogP contribution in [0.4, 0.5) is 14.5 Å². The van der Waals surface area contributed by atoms with Crippen molar-refractivity contribution >= 4 is 23.2 Å². The molecule has 1 aliphatic heterocycles. The lowest BCUT2D eigenvalue weighted by Crippen LogP contribution is -2.54. The van der Waals surface area contributed by atoms with Crippen LogP contribution in [-0.4, -0.2) is 46.6 Å². The number of imide groups is 1. The molecule has 2 N–H and O–H groups in total. The van der Waals surface area contributed by atoms with Crippen LogP contribution in [0, 0.1) is 35.3 Å². The minimum Gasteiger partial charge on any atom is -0.392 e. The molecule has 0 spiro atoms. The zero-order valence-electron chi connectivity index (χ0n) is 21.4. The van der Waals surface area contributed by atoms with Crippen LogP contribution >= 0.6 is 0 Å². The van der Waals surface area contributed by atoms with Gasteiger partial charge >= 0.3 is 0 Å². The van der Waals surface area contributed by atoms with E-state index in [9.17, 15) is 28.6 Å². The predicted molar refractivity (Wildman–Crippen MR) is 134 cm³/mol. The van der Waals surface area contributed by atoms with E-state index in [4.69, 9.17) is 4.84 Å². The predicted octanol–water partition coefficient (Wildman–Crippen LogP) is 4.29. The van der Waals surface area contributed by atoms with Crippen LogP contribution in [-0.2, 0) is 14.4 Å². The van der Waals surface area contributed by atoms with Gasteiger partial charge in [0.2, 0.25) is 11.8 Å². The first-order valence-corrected chi connectivity index (χ1v) is 12.8. The Balaban J connectivity index is 1.51. The summed E-state index contributed by atoms with van der Waals surface area (Å²) in [5.74, 6) is -5.89. The standard InChI is InChI=1S/C28H34F2N2O5/c1-15(2)5-4-6-16(3)11-12-37-31-21-14-23(33)26(34)24-18(21)8-9-19-25(24)28(36)32(27(19)35)22-10-7-17(29)13-20(22)30/h5,7,10-11,13,18-19,23-26,33-34H,4,6,8-9,12,14H2,1-3H3/t18-,19-,23-,24+,25-,26-/m1/s1. The lowest BCUT2D eigenvalue weighted by Gasteiger charge is -2.45. The second-order valence-corrected chi connectivity index (χ2v) is 10.5. The van der Waals surface area contributed by atoms with Crippen molar-refractivity contribution in [2.45, 2.75) is 65.1 Å². The summed E-state index contributed by atoms with van der Waals surface area (Å²) >= 11 is 0. The topological polar surface area (TPSA) is 99.4 Å². The molecule has 0 unspecified atom stereocenters. The van der Waals surface area contributed by atoms with Gasteiger partial charge in [-0.15, -0.1) is 0 Å². The summed E-state index contributed by atoms with van der Waals surface area (Å²) in [6, 6.07) is 2.68. The van der Waals surface area contributed by atoms with E-state index in [0.29, 0.717) is 24.6 Å². The summed E-state index contributed by atoms with van der Waals surface area (Å²) in [6.45, 7) is 6.39. The highest BCUT2D eigenvalue weighted by atomic mass is 19.1. The molecular formula is C28H34F2N2O5. The average Bonchev–Trinajstić information content (AvgIpc) is 3.09. The Labute approximate surface area is 215 Å². The summed E-state index contributed by atoms with van der Waals surface area (Å²) in [5.41, 5.74) is 2.67. The number of aliphatic hydroxyl groups is 2. The number of nitrogens with zero attached hydrogens (tertiary/aromatic N) is 2. The first kappa shape index (κ1) is 27.1. The van der Waals surface area contributed by atoms with Gasteiger partial charge in [0.15, 0.2) is 0 Å². The van der Waals surface area contributed by atoms with Crippen molar-refractivity contribution in [2.24, 2.45) is 28.8 Å². The second-order valence-electron chi connectivity index (χ2n) is 10.5. The van der Waals surface area contributed by atoms with Crippen molar-refractivity contribution in [1.82, 2.24) is 0 Å². The first-order valence-electron chi connectivity index (χ1n) is 12.8. The summed E-state index contributed by atoms with van der Waals surface area (Å²) in [5, 5.41) is 25.7. The fraction of sp³-hybridized carbons (Fsp3) is 0.536. The molecule has 4 rings (SSSR count). The van der Waals surface area contributed by atoms with E-state index in [1.54, 1.807) is 0 Å². The maximum absolute atomic E-state index is 14.5. The molecule has 7 nitrogen and oxygen atoms in total. The smallest absolute Gasteiger partial charge is 0.238 e. The molecule has 0 aromatic heterocycles. The molecule has 1 heterocycles. The van der Waals surface area contributed by atoms with Crippen molar-refractivity contribution in [2.75, 3.05) is 11.5 Å². The van der Waals surface area contributed by atoms with Gasteiger partial charge in [-0.2, -0.15) is 0 Å². The number of aliphatic hydroxyl groups excluding tert-OH is 2.